The number of hydrogen-bond acceptors (Lipinski definition) is 6. The highest BCUT2D eigenvalue weighted by Crippen LogP contribution is 2.45. The second kappa shape index (κ2) is 12.5. The smallest absolute Gasteiger partial charge is 0.286 e. The molecular weight excluding hydrogens is 490 g/mol. The molecule has 0 radical (unpaired) electrons. The predicted molar refractivity (Wildman–Crippen MR) is 152 cm³/mol. The van der Waals surface area contributed by atoms with Crippen molar-refractivity contribution in [3.05, 3.63) is 94.9 Å². The maximum atomic E-state index is 13.3. The van der Waals surface area contributed by atoms with Gasteiger partial charge in [-0.15, -0.1) is 0 Å². The third-order valence-electron chi connectivity index (χ3n) is 7.51. The molecule has 3 N–H and O–H groups in total. The summed E-state index contributed by atoms with van der Waals surface area (Å²) >= 11 is 0. The molecule has 2 aliphatic rings. The topological polar surface area (TPSA) is 92.7 Å². The van der Waals surface area contributed by atoms with Crippen LogP contribution >= 0.6 is 0 Å². The van der Waals surface area contributed by atoms with Crippen molar-refractivity contribution in [1.82, 2.24) is 10.3 Å². The first-order valence-electron chi connectivity index (χ1n) is 13.8. The van der Waals surface area contributed by atoms with Crippen LogP contribution in [0.4, 0.5) is 5.82 Å². The Kier molecular flexibility index (Phi) is 8.59. The number of fused-ring (bicyclic) bond motifs is 3. The summed E-state index contributed by atoms with van der Waals surface area (Å²) in [5, 5.41) is 15.8. The van der Waals surface area contributed by atoms with E-state index in [9.17, 15) is 9.90 Å². The van der Waals surface area contributed by atoms with Crippen molar-refractivity contribution in [1.29, 1.82) is 0 Å². The number of aryl methyl sites for hydroxylation is 1. The second-order valence-corrected chi connectivity index (χ2v) is 10.1. The normalized spacial score (nSPS) is 19.5. The van der Waals surface area contributed by atoms with E-state index in [0.29, 0.717) is 26.1 Å². The highest BCUT2D eigenvalue weighted by atomic mass is 16.7. The van der Waals surface area contributed by atoms with Crippen molar-refractivity contribution < 1.29 is 19.4 Å². The maximum Gasteiger partial charge on any atom is 0.286 e. The molecule has 7 nitrogen and oxygen atoms in total. The van der Waals surface area contributed by atoms with Gasteiger partial charge in [-0.3, -0.25) is 4.79 Å². The number of nitrogens with zero attached hydrogens (tertiary/aromatic N) is 1. The van der Waals surface area contributed by atoms with Crippen molar-refractivity contribution in [3.8, 4) is 11.1 Å². The van der Waals surface area contributed by atoms with Gasteiger partial charge in [-0.25, -0.2) is 4.98 Å². The summed E-state index contributed by atoms with van der Waals surface area (Å²) in [6, 6.07) is 18.9. The number of carbonyl (C=O) groups excluding carboxylic acids is 1. The Balaban J connectivity index is 1.39. The number of aliphatic hydroxyl groups is 1. The van der Waals surface area contributed by atoms with Crippen molar-refractivity contribution in [3.63, 3.8) is 0 Å². The minimum Gasteiger partial charge on any atom is -0.459 e. The van der Waals surface area contributed by atoms with Crippen LogP contribution in [0.1, 0.15) is 47.9 Å². The van der Waals surface area contributed by atoms with Gasteiger partial charge in [-0.1, -0.05) is 48.5 Å². The molecule has 1 aliphatic carbocycles. The minimum atomic E-state index is -0.577. The summed E-state index contributed by atoms with van der Waals surface area (Å²) in [5.41, 5.74) is 7.42. The van der Waals surface area contributed by atoms with Crippen LogP contribution in [0.5, 0.6) is 0 Å². The molecule has 3 atom stereocenters. The van der Waals surface area contributed by atoms with E-state index in [1.165, 1.54) is 27.8 Å². The number of allylic oxidation sites excluding steroid dienone is 1. The third-order valence-corrected chi connectivity index (χ3v) is 7.51. The molecule has 0 bridgehead atoms. The van der Waals surface area contributed by atoms with E-state index < -0.39 is 6.29 Å². The van der Waals surface area contributed by atoms with Crippen LogP contribution in [0.25, 0.3) is 11.1 Å². The summed E-state index contributed by atoms with van der Waals surface area (Å²) in [7, 11) is 0. The summed E-state index contributed by atoms with van der Waals surface area (Å²) in [4.78, 5) is 17.6. The fourth-order valence-electron chi connectivity index (χ4n) is 5.64. The van der Waals surface area contributed by atoms with Crippen LogP contribution in [0, 0.1) is 12.8 Å². The highest BCUT2D eigenvalue weighted by Gasteiger charge is 2.39. The fourth-order valence-corrected chi connectivity index (χ4v) is 5.64. The van der Waals surface area contributed by atoms with E-state index in [1.54, 1.807) is 0 Å². The lowest BCUT2D eigenvalue weighted by atomic mass is 9.78. The Morgan fingerprint density at radius 1 is 1.10 bits per heavy atom. The van der Waals surface area contributed by atoms with Crippen LogP contribution in [0.15, 0.2) is 72.6 Å². The molecule has 2 aromatic carbocycles. The number of carbonyl (C=O) groups is 1. The van der Waals surface area contributed by atoms with Crippen molar-refractivity contribution in [2.75, 3.05) is 31.6 Å². The number of pyridine rings is 1. The third kappa shape index (κ3) is 6.00. The Morgan fingerprint density at radius 3 is 2.74 bits per heavy atom. The monoisotopic (exact) mass is 527 g/mol. The standard InChI is InChI=1S/C32H37N3O4/c1-3-38-32-26(12-7-17-36)28(25-11-6-10-24-23-9-5-4-8-22(23)18-27(24)25)19-29(39-32)31(37)34-16-15-33-30-14-13-21(2)20-35-30/h4-6,8-11,13-14,19-20,26,28,32,36H,3,7,12,15-18H2,1-2H3,(H,33,35)(H,34,37)/t26-,28-,32-/m0/s1. The zero-order chi connectivity index (χ0) is 27.2. The highest BCUT2D eigenvalue weighted by molar-refractivity contribution is 5.92. The first kappa shape index (κ1) is 26.9. The molecule has 204 valence electrons. The van der Waals surface area contributed by atoms with E-state index >= 15 is 0 Å². The molecule has 0 spiro atoms. The Bertz CT molecular complexity index is 1320. The zero-order valence-corrected chi connectivity index (χ0v) is 22.7. The van der Waals surface area contributed by atoms with Crippen LogP contribution in [-0.2, 0) is 20.7 Å². The average Bonchev–Trinajstić information content (AvgIpc) is 3.34. The number of amides is 1. The maximum absolute atomic E-state index is 13.3. The predicted octanol–water partition coefficient (Wildman–Crippen LogP) is 4.94. The number of anilines is 1. The van der Waals surface area contributed by atoms with E-state index in [4.69, 9.17) is 9.47 Å². The van der Waals surface area contributed by atoms with Crippen molar-refractivity contribution >= 4 is 11.7 Å². The molecule has 0 fully saturated rings. The molecule has 39 heavy (non-hydrogen) atoms. The van der Waals surface area contributed by atoms with Gasteiger partial charge < -0.3 is 25.2 Å². The van der Waals surface area contributed by atoms with Crippen LogP contribution < -0.4 is 10.6 Å². The largest absolute Gasteiger partial charge is 0.459 e. The Labute approximate surface area is 230 Å². The zero-order valence-electron chi connectivity index (χ0n) is 22.7. The molecule has 0 saturated heterocycles. The molecule has 0 unspecified atom stereocenters. The first-order valence-corrected chi connectivity index (χ1v) is 13.8. The summed E-state index contributed by atoms with van der Waals surface area (Å²) in [5.74, 6) is 0.671. The van der Waals surface area contributed by atoms with Gasteiger partial charge >= 0.3 is 0 Å². The lowest BCUT2D eigenvalue weighted by Gasteiger charge is -2.37. The minimum absolute atomic E-state index is 0.0295. The van der Waals surface area contributed by atoms with Crippen LogP contribution in [-0.4, -0.2) is 48.6 Å². The Morgan fingerprint density at radius 2 is 1.95 bits per heavy atom. The molecule has 5 rings (SSSR count). The molecule has 7 heteroatoms. The van der Waals surface area contributed by atoms with Gasteiger partial charge in [-0.05, 0) is 78.6 Å². The first-order chi connectivity index (χ1) is 19.1. The van der Waals surface area contributed by atoms with E-state index in [-0.39, 0.29) is 30.1 Å². The van der Waals surface area contributed by atoms with Crippen molar-refractivity contribution in [2.45, 2.75) is 45.3 Å². The molecule has 1 aliphatic heterocycles. The van der Waals surface area contributed by atoms with Gasteiger partial charge in [0.1, 0.15) is 5.82 Å². The van der Waals surface area contributed by atoms with Gasteiger partial charge in [0.2, 0.25) is 6.29 Å². The molecular formula is C32H37N3O4. The molecule has 1 amide bonds. The number of rotatable bonds is 11. The average molecular weight is 528 g/mol. The SMILES string of the molecule is CCO[C@H]1OC(C(=O)NCCNc2ccc(C)cn2)=C[C@@H](c2cccc3c2Cc2ccccc2-3)[C@@H]1CCCO. The van der Waals surface area contributed by atoms with Gasteiger partial charge in [0, 0.05) is 44.3 Å². The van der Waals surface area contributed by atoms with Crippen LogP contribution in [0.3, 0.4) is 0 Å². The number of aliphatic hydroxyl groups excluding tert-OH is 1. The number of ether oxygens (including phenoxy) is 2. The van der Waals surface area contributed by atoms with E-state index in [0.717, 1.165) is 24.2 Å². The molecule has 2 heterocycles. The Hall–Kier alpha value is -3.68. The summed E-state index contributed by atoms with van der Waals surface area (Å²) in [6.07, 6.45) is 5.41. The second-order valence-electron chi connectivity index (χ2n) is 10.1. The number of benzene rings is 2. The van der Waals surface area contributed by atoms with Gasteiger partial charge in [-0.2, -0.15) is 0 Å². The number of nitrogens with one attached hydrogen (secondary N) is 2. The lowest BCUT2D eigenvalue weighted by Crippen LogP contribution is -2.40. The van der Waals surface area contributed by atoms with Gasteiger partial charge in [0.15, 0.2) is 5.76 Å². The number of aromatic nitrogens is 1. The lowest BCUT2D eigenvalue weighted by molar-refractivity contribution is -0.166. The molecule has 0 saturated carbocycles. The van der Waals surface area contributed by atoms with Crippen molar-refractivity contribution in [2.24, 2.45) is 5.92 Å². The van der Waals surface area contributed by atoms with E-state index in [1.807, 2.05) is 38.3 Å². The molecule has 3 aromatic rings. The quantitative estimate of drug-likeness (QED) is 0.239. The van der Waals surface area contributed by atoms with Crippen LogP contribution in [0.2, 0.25) is 0 Å². The summed E-state index contributed by atoms with van der Waals surface area (Å²) in [6.45, 7) is 5.45. The van der Waals surface area contributed by atoms with E-state index in [2.05, 4.69) is 58.1 Å². The summed E-state index contributed by atoms with van der Waals surface area (Å²) < 4.78 is 12.2. The molecule has 1 aromatic heterocycles. The van der Waals surface area contributed by atoms with Gasteiger partial charge in [0.25, 0.3) is 5.91 Å². The van der Waals surface area contributed by atoms with Gasteiger partial charge in [0.05, 0.1) is 0 Å². The fraction of sp³-hybridized carbons (Fsp3) is 0.375. The number of hydrogen-bond donors (Lipinski definition) is 3.